The molecule has 0 aliphatic rings. The van der Waals surface area contributed by atoms with E-state index < -0.39 is 7.12 Å². The molecular weight excluding hydrogens is 383 g/mol. The molecule has 152 valence electrons. The lowest BCUT2D eigenvalue weighted by molar-refractivity contribution is -0.688. The maximum absolute atomic E-state index is 9.20. The minimum atomic E-state index is -1.43. The molecule has 0 saturated carbocycles. The largest absolute Gasteiger partial charge is 0.488 e. The summed E-state index contributed by atoms with van der Waals surface area (Å²) in [5, 5.41) is 18.4. The van der Waals surface area contributed by atoms with Crippen molar-refractivity contribution in [3.8, 4) is 11.1 Å². The molecule has 5 heteroatoms. The van der Waals surface area contributed by atoms with Crippen LogP contribution in [0.1, 0.15) is 16.7 Å². The van der Waals surface area contributed by atoms with Crippen LogP contribution in [-0.2, 0) is 13.1 Å². The van der Waals surface area contributed by atoms with Crippen LogP contribution in [0, 0.1) is 0 Å². The van der Waals surface area contributed by atoms with Crippen LogP contribution in [0.25, 0.3) is 17.2 Å². The molecule has 4 nitrogen and oxygen atoms in total. The van der Waals surface area contributed by atoms with E-state index in [0.717, 1.165) is 29.8 Å². The van der Waals surface area contributed by atoms with Crippen LogP contribution in [0.5, 0.6) is 0 Å². The molecule has 0 amide bonds. The minimum Gasteiger partial charge on any atom is -0.423 e. The topological polar surface area (TPSA) is 48.2 Å². The average Bonchev–Trinajstić information content (AvgIpc) is 2.81. The first-order valence-corrected chi connectivity index (χ1v) is 10.3. The van der Waals surface area contributed by atoms with E-state index in [9.17, 15) is 10.0 Å². The first kappa shape index (κ1) is 20.7. The van der Waals surface area contributed by atoms with E-state index in [-0.39, 0.29) is 0 Å². The summed E-state index contributed by atoms with van der Waals surface area (Å²) in [6, 6.07) is 24.2. The summed E-state index contributed by atoms with van der Waals surface area (Å²) < 4.78 is 4.27. The number of hydrogen-bond acceptors (Lipinski definition) is 2. The summed E-state index contributed by atoms with van der Waals surface area (Å²) in [5.41, 5.74) is 6.32. The first-order chi connectivity index (χ1) is 15.1. The predicted octanol–water partition coefficient (Wildman–Crippen LogP) is 2.35. The van der Waals surface area contributed by atoms with Crippen molar-refractivity contribution in [1.82, 2.24) is 0 Å². The van der Waals surface area contributed by atoms with Crippen molar-refractivity contribution in [2.75, 3.05) is 0 Å². The SMILES string of the molecule is C=Cc1ccc(C[n+]2ccc(-c3cc[n+](Cc4ccc(B(O)O)cc4)cc3)cc2)cc1. The van der Waals surface area contributed by atoms with E-state index in [4.69, 9.17) is 0 Å². The van der Waals surface area contributed by atoms with Crippen LogP contribution in [-0.4, -0.2) is 17.2 Å². The lowest BCUT2D eigenvalue weighted by Crippen LogP contribution is -2.34. The molecule has 2 N–H and O–H groups in total. The van der Waals surface area contributed by atoms with Gasteiger partial charge in [0.05, 0.1) is 0 Å². The first-order valence-electron chi connectivity index (χ1n) is 10.3. The summed E-state index contributed by atoms with van der Waals surface area (Å²) in [6.45, 7) is 5.35. The van der Waals surface area contributed by atoms with Gasteiger partial charge in [-0.15, -0.1) is 0 Å². The maximum Gasteiger partial charge on any atom is 0.488 e. The average molecular weight is 408 g/mol. The van der Waals surface area contributed by atoms with Crippen molar-refractivity contribution >= 4 is 18.7 Å². The molecule has 2 aromatic heterocycles. The molecule has 0 radical (unpaired) electrons. The summed E-state index contributed by atoms with van der Waals surface area (Å²) in [4.78, 5) is 0. The molecule has 0 aliphatic carbocycles. The van der Waals surface area contributed by atoms with Crippen LogP contribution in [0.4, 0.5) is 0 Å². The lowest BCUT2D eigenvalue weighted by Gasteiger charge is -2.03. The quantitative estimate of drug-likeness (QED) is 0.364. The fourth-order valence-corrected chi connectivity index (χ4v) is 3.49. The van der Waals surface area contributed by atoms with Crippen molar-refractivity contribution in [3.63, 3.8) is 0 Å². The van der Waals surface area contributed by atoms with Gasteiger partial charge < -0.3 is 10.0 Å². The van der Waals surface area contributed by atoms with Gasteiger partial charge in [0.1, 0.15) is 0 Å². The summed E-state index contributed by atoms with van der Waals surface area (Å²) >= 11 is 0. The molecule has 0 bridgehead atoms. The summed E-state index contributed by atoms with van der Waals surface area (Å²) in [5.74, 6) is 0. The van der Waals surface area contributed by atoms with Gasteiger partial charge in [0, 0.05) is 35.4 Å². The molecule has 0 aliphatic heterocycles. The molecule has 4 aromatic rings. The van der Waals surface area contributed by atoms with Crippen molar-refractivity contribution in [2.24, 2.45) is 0 Å². The second kappa shape index (κ2) is 9.52. The molecule has 31 heavy (non-hydrogen) atoms. The number of rotatable bonds is 7. The zero-order chi connectivity index (χ0) is 21.6. The summed E-state index contributed by atoms with van der Waals surface area (Å²) in [6.07, 6.45) is 10.2. The van der Waals surface area contributed by atoms with Crippen molar-refractivity contribution < 1.29 is 19.2 Å². The summed E-state index contributed by atoms with van der Waals surface area (Å²) in [7, 11) is -1.43. The van der Waals surface area contributed by atoms with Gasteiger partial charge >= 0.3 is 7.12 Å². The van der Waals surface area contributed by atoms with Gasteiger partial charge in [-0.1, -0.05) is 61.2 Å². The Morgan fingerprint density at radius 3 is 1.45 bits per heavy atom. The van der Waals surface area contributed by atoms with Crippen molar-refractivity contribution in [2.45, 2.75) is 13.1 Å². The zero-order valence-electron chi connectivity index (χ0n) is 17.3. The molecule has 0 fully saturated rings. The normalized spacial score (nSPS) is 10.6. The van der Waals surface area contributed by atoms with Gasteiger partial charge in [0.25, 0.3) is 0 Å². The van der Waals surface area contributed by atoms with Gasteiger partial charge in [-0.2, -0.15) is 0 Å². The third-order valence-corrected chi connectivity index (χ3v) is 5.34. The highest BCUT2D eigenvalue weighted by Crippen LogP contribution is 2.16. The van der Waals surface area contributed by atoms with E-state index >= 15 is 0 Å². The monoisotopic (exact) mass is 408 g/mol. The van der Waals surface area contributed by atoms with E-state index in [1.54, 1.807) is 12.1 Å². The highest BCUT2D eigenvalue weighted by molar-refractivity contribution is 6.58. The third-order valence-electron chi connectivity index (χ3n) is 5.34. The second-order valence-electron chi connectivity index (χ2n) is 7.58. The highest BCUT2D eigenvalue weighted by Gasteiger charge is 2.11. The van der Waals surface area contributed by atoms with Crippen LogP contribution < -0.4 is 14.6 Å². The van der Waals surface area contributed by atoms with Gasteiger partial charge in [0.15, 0.2) is 37.9 Å². The fraction of sp³-hybridized carbons (Fsp3) is 0.0769. The smallest absolute Gasteiger partial charge is 0.423 e. The lowest BCUT2D eigenvalue weighted by atomic mass is 9.80. The Hall–Kier alpha value is -3.54. The Morgan fingerprint density at radius 2 is 1.06 bits per heavy atom. The van der Waals surface area contributed by atoms with E-state index in [1.807, 2.05) is 18.2 Å². The van der Waals surface area contributed by atoms with Crippen molar-refractivity contribution in [1.29, 1.82) is 0 Å². The highest BCUT2D eigenvalue weighted by atomic mass is 16.4. The van der Waals surface area contributed by atoms with E-state index in [0.29, 0.717) is 5.46 Å². The standard InChI is InChI=1S/C26H25BN2O2/c1-2-21-3-5-22(6-4-21)19-28-15-11-24(12-16-28)25-13-17-29(18-14-25)20-23-7-9-26(10-8-23)27(30)31/h2-18,30-31H,1,19-20H2/q+2. The molecule has 0 unspecified atom stereocenters. The Balaban J connectivity index is 1.40. The van der Waals surface area contributed by atoms with Gasteiger partial charge in [-0.25, -0.2) is 9.13 Å². The zero-order valence-corrected chi connectivity index (χ0v) is 17.3. The maximum atomic E-state index is 9.20. The van der Waals surface area contributed by atoms with Gasteiger partial charge in [-0.3, -0.25) is 0 Å². The van der Waals surface area contributed by atoms with E-state index in [1.165, 1.54) is 11.1 Å². The number of pyridine rings is 2. The molecule has 0 spiro atoms. The van der Waals surface area contributed by atoms with Crippen LogP contribution in [0.3, 0.4) is 0 Å². The molecule has 0 atom stereocenters. The fourth-order valence-electron chi connectivity index (χ4n) is 3.49. The predicted molar refractivity (Wildman–Crippen MR) is 123 cm³/mol. The number of nitrogens with zero attached hydrogens (tertiary/aromatic N) is 2. The molecular formula is C26H25BN2O2+2. The minimum absolute atomic E-state index is 0.499. The Morgan fingerprint density at radius 1 is 0.645 bits per heavy atom. The Kier molecular flexibility index (Phi) is 6.36. The number of benzene rings is 2. The molecule has 2 heterocycles. The van der Waals surface area contributed by atoms with Crippen molar-refractivity contribution in [3.05, 3.63) is 121 Å². The van der Waals surface area contributed by atoms with Gasteiger partial charge in [0.2, 0.25) is 0 Å². The number of aromatic nitrogens is 2. The third kappa shape index (κ3) is 5.34. The molecule has 0 saturated heterocycles. The van der Waals surface area contributed by atoms with Crippen LogP contribution >= 0.6 is 0 Å². The van der Waals surface area contributed by atoms with Gasteiger partial charge in [-0.05, 0) is 22.2 Å². The number of hydrogen-bond donors (Lipinski definition) is 2. The molecule has 4 rings (SSSR count). The van der Waals surface area contributed by atoms with Crippen LogP contribution in [0.2, 0.25) is 0 Å². The molecule has 2 aromatic carbocycles. The Bertz CT molecular complexity index is 1140. The van der Waals surface area contributed by atoms with Crippen LogP contribution in [0.15, 0.2) is 104 Å². The van der Waals surface area contributed by atoms with E-state index in [2.05, 4.69) is 89.0 Å². The second-order valence-corrected chi connectivity index (χ2v) is 7.58. The Labute approximate surface area is 183 Å².